The van der Waals surface area contributed by atoms with E-state index in [0.29, 0.717) is 30.7 Å². The molecule has 3 heteroatoms. The number of nitrogens with zero attached hydrogens (tertiary/aromatic N) is 1. The second-order valence-corrected chi connectivity index (χ2v) is 4.08. The Morgan fingerprint density at radius 2 is 1.50 bits per heavy atom. The molecule has 0 aromatic heterocycles. The SMILES string of the molecule is C=CC[N+]1(CC=C)C[C@H](F)C[C@H](F)C1. The fourth-order valence-corrected chi connectivity index (χ4v) is 2.26. The highest BCUT2D eigenvalue weighted by Crippen LogP contribution is 2.23. The van der Waals surface area contributed by atoms with Crippen LogP contribution >= 0.6 is 0 Å². The molecular formula is C11H18F2N+. The Balaban J connectivity index is 2.73. The normalized spacial score (nSPS) is 31.0. The van der Waals surface area contributed by atoms with Gasteiger partial charge in [-0.1, -0.05) is 13.2 Å². The Morgan fingerprint density at radius 3 is 1.86 bits per heavy atom. The van der Waals surface area contributed by atoms with E-state index < -0.39 is 12.3 Å². The Bertz CT molecular complexity index is 193. The molecule has 0 bridgehead atoms. The molecule has 14 heavy (non-hydrogen) atoms. The summed E-state index contributed by atoms with van der Waals surface area (Å²) in [6.45, 7) is 9.29. The minimum Gasteiger partial charge on any atom is -0.312 e. The van der Waals surface area contributed by atoms with Crippen LogP contribution in [0.3, 0.4) is 0 Å². The van der Waals surface area contributed by atoms with Crippen molar-refractivity contribution in [3.05, 3.63) is 25.3 Å². The average Bonchev–Trinajstić information content (AvgIpc) is 2.02. The van der Waals surface area contributed by atoms with Gasteiger partial charge in [0.1, 0.15) is 13.1 Å². The van der Waals surface area contributed by atoms with Gasteiger partial charge in [-0.2, -0.15) is 0 Å². The van der Waals surface area contributed by atoms with E-state index in [2.05, 4.69) is 13.2 Å². The molecule has 1 fully saturated rings. The van der Waals surface area contributed by atoms with Gasteiger partial charge in [-0.15, -0.1) is 0 Å². The highest BCUT2D eigenvalue weighted by atomic mass is 19.1. The maximum absolute atomic E-state index is 13.3. The predicted octanol–water partition coefficient (Wildman–Crippen LogP) is 2.26. The molecule has 0 N–H and O–H groups in total. The van der Waals surface area contributed by atoms with Crippen molar-refractivity contribution in [2.45, 2.75) is 18.8 Å². The molecule has 0 amide bonds. The molecule has 0 unspecified atom stereocenters. The third-order valence-corrected chi connectivity index (χ3v) is 2.72. The summed E-state index contributed by atoms with van der Waals surface area (Å²) in [7, 11) is 0. The number of alkyl halides is 2. The Labute approximate surface area is 84.3 Å². The molecule has 1 nitrogen and oxygen atoms in total. The van der Waals surface area contributed by atoms with Gasteiger partial charge in [-0.05, 0) is 12.2 Å². The van der Waals surface area contributed by atoms with Crippen molar-refractivity contribution < 1.29 is 13.3 Å². The number of hydrogen-bond donors (Lipinski definition) is 0. The topological polar surface area (TPSA) is 0 Å². The first kappa shape index (κ1) is 11.4. The molecule has 1 heterocycles. The lowest BCUT2D eigenvalue weighted by atomic mass is 10.0. The van der Waals surface area contributed by atoms with Crippen LogP contribution in [0.4, 0.5) is 8.78 Å². The molecule has 0 aromatic rings. The smallest absolute Gasteiger partial charge is 0.152 e. The van der Waals surface area contributed by atoms with Gasteiger partial charge in [0.15, 0.2) is 12.3 Å². The minimum absolute atomic E-state index is 0.0499. The van der Waals surface area contributed by atoms with Crippen LogP contribution in [-0.2, 0) is 0 Å². The van der Waals surface area contributed by atoms with Crippen molar-refractivity contribution in [3.63, 3.8) is 0 Å². The van der Waals surface area contributed by atoms with E-state index in [4.69, 9.17) is 0 Å². The quantitative estimate of drug-likeness (QED) is 0.484. The summed E-state index contributed by atoms with van der Waals surface area (Å²) >= 11 is 0. The van der Waals surface area contributed by atoms with Crippen LogP contribution in [-0.4, -0.2) is 43.0 Å². The zero-order valence-electron chi connectivity index (χ0n) is 8.46. The summed E-state index contributed by atoms with van der Waals surface area (Å²) in [5, 5.41) is 0. The largest absolute Gasteiger partial charge is 0.312 e. The zero-order valence-corrected chi connectivity index (χ0v) is 8.46. The average molecular weight is 202 g/mol. The van der Waals surface area contributed by atoms with Crippen molar-refractivity contribution in [3.8, 4) is 0 Å². The molecule has 80 valence electrons. The van der Waals surface area contributed by atoms with Crippen molar-refractivity contribution in [1.29, 1.82) is 0 Å². The number of rotatable bonds is 4. The van der Waals surface area contributed by atoms with Crippen molar-refractivity contribution in [2.24, 2.45) is 0 Å². The van der Waals surface area contributed by atoms with Crippen molar-refractivity contribution >= 4 is 0 Å². The van der Waals surface area contributed by atoms with E-state index in [0.717, 1.165) is 0 Å². The lowest BCUT2D eigenvalue weighted by molar-refractivity contribution is -0.926. The van der Waals surface area contributed by atoms with Gasteiger partial charge in [-0.3, -0.25) is 0 Å². The van der Waals surface area contributed by atoms with Crippen LogP contribution in [0.1, 0.15) is 6.42 Å². The minimum atomic E-state index is -1.03. The molecule has 0 radical (unpaired) electrons. The molecule has 2 atom stereocenters. The standard InChI is InChI=1S/C11H18F2N/c1-3-5-14(6-4-2)8-10(12)7-11(13)9-14/h3-4,10-11H,1-2,5-9H2/q+1/t10-,11+. The van der Waals surface area contributed by atoms with E-state index in [9.17, 15) is 8.78 Å². The fourth-order valence-electron chi connectivity index (χ4n) is 2.26. The Morgan fingerprint density at radius 1 is 1.07 bits per heavy atom. The number of hydrogen-bond acceptors (Lipinski definition) is 0. The first-order valence-electron chi connectivity index (χ1n) is 4.97. The lowest BCUT2D eigenvalue weighted by Crippen LogP contribution is -2.58. The van der Waals surface area contributed by atoms with Crippen LogP contribution < -0.4 is 0 Å². The highest BCUT2D eigenvalue weighted by molar-refractivity contribution is 4.79. The predicted molar refractivity (Wildman–Crippen MR) is 54.5 cm³/mol. The van der Waals surface area contributed by atoms with Gasteiger partial charge < -0.3 is 4.48 Å². The first-order chi connectivity index (χ1) is 6.62. The Kier molecular flexibility index (Phi) is 3.81. The number of quaternary nitrogens is 1. The monoisotopic (exact) mass is 202 g/mol. The van der Waals surface area contributed by atoms with E-state index in [1.54, 1.807) is 12.2 Å². The third-order valence-electron chi connectivity index (χ3n) is 2.72. The zero-order chi connectivity index (χ0) is 10.6. The summed E-state index contributed by atoms with van der Waals surface area (Å²) in [6.07, 6.45) is 1.45. The maximum Gasteiger partial charge on any atom is 0.152 e. The van der Waals surface area contributed by atoms with E-state index in [-0.39, 0.29) is 6.42 Å². The summed E-state index contributed by atoms with van der Waals surface area (Å²) in [4.78, 5) is 0. The van der Waals surface area contributed by atoms with Crippen LogP contribution in [0, 0.1) is 0 Å². The molecule has 1 aliphatic heterocycles. The highest BCUT2D eigenvalue weighted by Gasteiger charge is 2.38. The molecule has 0 saturated carbocycles. The molecule has 0 spiro atoms. The van der Waals surface area contributed by atoms with Gasteiger partial charge in [0, 0.05) is 6.42 Å². The second-order valence-electron chi connectivity index (χ2n) is 4.08. The first-order valence-corrected chi connectivity index (χ1v) is 4.97. The summed E-state index contributed by atoms with van der Waals surface area (Å²) in [5.41, 5.74) is 0. The number of halogens is 2. The van der Waals surface area contributed by atoms with E-state index in [1.807, 2.05) is 0 Å². The van der Waals surface area contributed by atoms with Gasteiger partial charge >= 0.3 is 0 Å². The molecule has 0 aliphatic carbocycles. The summed E-state index contributed by atoms with van der Waals surface area (Å²) in [5.74, 6) is 0. The van der Waals surface area contributed by atoms with Crippen LogP contribution in [0.15, 0.2) is 25.3 Å². The molecular weight excluding hydrogens is 184 g/mol. The van der Waals surface area contributed by atoms with E-state index >= 15 is 0 Å². The van der Waals surface area contributed by atoms with Crippen molar-refractivity contribution in [1.82, 2.24) is 0 Å². The van der Waals surface area contributed by atoms with Gasteiger partial charge in [-0.25, -0.2) is 8.78 Å². The summed E-state index contributed by atoms with van der Waals surface area (Å²) < 4.78 is 26.9. The fraction of sp³-hybridized carbons (Fsp3) is 0.636. The van der Waals surface area contributed by atoms with Crippen LogP contribution in [0.5, 0.6) is 0 Å². The second kappa shape index (κ2) is 4.69. The molecule has 1 rings (SSSR count). The lowest BCUT2D eigenvalue weighted by Gasteiger charge is -2.42. The summed E-state index contributed by atoms with van der Waals surface area (Å²) in [6, 6.07) is 0. The van der Waals surface area contributed by atoms with E-state index in [1.165, 1.54) is 0 Å². The maximum atomic E-state index is 13.3. The van der Waals surface area contributed by atoms with Gasteiger partial charge in [0.25, 0.3) is 0 Å². The van der Waals surface area contributed by atoms with Gasteiger partial charge in [0.2, 0.25) is 0 Å². The third kappa shape index (κ3) is 2.64. The molecule has 1 saturated heterocycles. The van der Waals surface area contributed by atoms with Crippen molar-refractivity contribution in [2.75, 3.05) is 26.2 Å². The van der Waals surface area contributed by atoms with Gasteiger partial charge in [0.05, 0.1) is 13.1 Å². The number of likely N-dealkylation sites (tertiary alicyclic amines) is 1. The van der Waals surface area contributed by atoms with Crippen LogP contribution in [0.25, 0.3) is 0 Å². The molecule has 0 aromatic carbocycles. The molecule has 1 aliphatic rings. The Hall–Kier alpha value is -0.700. The van der Waals surface area contributed by atoms with Crippen LogP contribution in [0.2, 0.25) is 0 Å². The number of piperidine rings is 1.